The van der Waals surface area contributed by atoms with Gasteiger partial charge in [-0.15, -0.1) is 0 Å². The van der Waals surface area contributed by atoms with Crippen LogP contribution in [0, 0.1) is 0 Å². The first kappa shape index (κ1) is 24.0. The molecule has 0 bridgehead atoms. The summed E-state index contributed by atoms with van der Waals surface area (Å²) in [5.74, 6) is -1.71. The number of aliphatic carboxylic acids is 1. The van der Waals surface area contributed by atoms with Crippen molar-refractivity contribution in [3.05, 3.63) is 11.7 Å². The first-order valence-corrected chi connectivity index (χ1v) is 7.82. The Labute approximate surface area is 156 Å². The van der Waals surface area contributed by atoms with Crippen molar-refractivity contribution < 1.29 is 28.8 Å². The van der Waals surface area contributed by atoms with Gasteiger partial charge in [0, 0.05) is 12.8 Å². The van der Waals surface area contributed by atoms with Gasteiger partial charge >= 0.3 is 12.0 Å². The molecule has 0 saturated carbocycles. The zero-order valence-corrected chi connectivity index (χ0v) is 14.2. The maximum absolute atomic E-state index is 11.8. The van der Waals surface area contributed by atoms with Crippen molar-refractivity contribution in [3.8, 4) is 0 Å². The summed E-state index contributed by atoms with van der Waals surface area (Å²) in [4.78, 5) is 48.4. The maximum Gasteiger partial charge on any atom is 0.326 e. The van der Waals surface area contributed by atoms with Gasteiger partial charge in [-0.25, -0.2) is 9.59 Å². The molecule has 0 aliphatic rings. The first-order valence-electron chi connectivity index (χ1n) is 7.82. The number of nitrogens with two attached hydrogens (primary N) is 2. The van der Waals surface area contributed by atoms with E-state index in [9.17, 15) is 19.2 Å². The number of hydrogen-bond acceptors (Lipinski definition) is 8. The fourth-order valence-electron chi connectivity index (χ4n) is 1.89. The van der Waals surface area contributed by atoms with Crippen LogP contribution >= 0.6 is 0 Å². The molecule has 0 aliphatic carbocycles. The van der Waals surface area contributed by atoms with Crippen LogP contribution in [0.25, 0.3) is 0 Å². The van der Waals surface area contributed by atoms with Gasteiger partial charge < -0.3 is 36.5 Å². The highest BCUT2D eigenvalue weighted by molar-refractivity contribution is 5.83. The second kappa shape index (κ2) is 11.6. The zero-order valence-electron chi connectivity index (χ0n) is 14.2. The number of ketones is 1. The van der Waals surface area contributed by atoms with Gasteiger partial charge in [0.05, 0.1) is 12.6 Å². The smallest absolute Gasteiger partial charge is 0.326 e. The van der Waals surface area contributed by atoms with Crippen LogP contribution in [-0.4, -0.2) is 45.0 Å². The standard InChI is InChI=1S/C14H22N6O6.CH4/c1-7(21)2-4-9(13(23)24)18-14(25)17-6-11-19-12(20-26-11)8(15)3-5-10(16)22;/h8-9H,2-6,15H2,1H3,(H2,16,22)(H,23,24)(H2,17,18,25);1H4/t8-,9-;/m0./s1. The number of rotatable bonds is 11. The molecule has 1 heterocycles. The first-order chi connectivity index (χ1) is 12.2. The number of nitrogens with one attached hydrogen (secondary N) is 2. The lowest BCUT2D eigenvalue weighted by Crippen LogP contribution is -2.46. The number of primary amides is 1. The van der Waals surface area contributed by atoms with E-state index < -0.39 is 30.0 Å². The van der Waals surface area contributed by atoms with Crippen molar-refractivity contribution in [2.45, 2.75) is 58.7 Å². The Morgan fingerprint density at radius 2 is 1.89 bits per heavy atom. The van der Waals surface area contributed by atoms with Gasteiger partial charge in [0.2, 0.25) is 11.8 Å². The molecule has 3 amide bonds. The summed E-state index contributed by atoms with van der Waals surface area (Å²) < 4.78 is 4.91. The van der Waals surface area contributed by atoms with E-state index in [2.05, 4.69) is 20.8 Å². The van der Waals surface area contributed by atoms with E-state index in [1.807, 2.05) is 0 Å². The number of carbonyl (C=O) groups is 4. The van der Waals surface area contributed by atoms with Crippen LogP contribution in [0.3, 0.4) is 0 Å². The van der Waals surface area contributed by atoms with Crippen molar-refractivity contribution in [2.75, 3.05) is 0 Å². The molecule has 2 atom stereocenters. The number of carboxylic acids is 1. The molecule has 12 heteroatoms. The Hall–Kier alpha value is -3.02. The highest BCUT2D eigenvalue weighted by atomic mass is 16.5. The highest BCUT2D eigenvalue weighted by Crippen LogP contribution is 2.12. The van der Waals surface area contributed by atoms with Gasteiger partial charge in [-0.1, -0.05) is 12.6 Å². The van der Waals surface area contributed by atoms with Crippen molar-refractivity contribution in [1.29, 1.82) is 0 Å². The lowest BCUT2D eigenvalue weighted by Gasteiger charge is -2.13. The summed E-state index contributed by atoms with van der Waals surface area (Å²) in [7, 11) is 0. The Morgan fingerprint density at radius 1 is 1.22 bits per heavy atom. The second-order valence-corrected chi connectivity index (χ2v) is 5.62. The second-order valence-electron chi connectivity index (χ2n) is 5.62. The number of carbonyl (C=O) groups excluding carboxylic acids is 3. The predicted octanol–water partition coefficient (Wildman–Crippen LogP) is -0.407. The number of aromatic nitrogens is 2. The number of nitrogens with zero attached hydrogens (tertiary/aromatic N) is 2. The van der Waals surface area contributed by atoms with Gasteiger partial charge in [-0.05, 0) is 19.8 Å². The number of urea groups is 1. The minimum atomic E-state index is -1.25. The average molecular weight is 386 g/mol. The van der Waals surface area contributed by atoms with Crippen LogP contribution in [-0.2, 0) is 20.9 Å². The maximum atomic E-state index is 11.8. The normalized spacial score (nSPS) is 12.4. The quantitative estimate of drug-likeness (QED) is 0.335. The van der Waals surface area contributed by atoms with Gasteiger partial charge in [0.25, 0.3) is 0 Å². The van der Waals surface area contributed by atoms with Gasteiger partial charge in [-0.2, -0.15) is 4.98 Å². The third-order valence-electron chi connectivity index (χ3n) is 3.31. The molecular weight excluding hydrogens is 360 g/mol. The van der Waals surface area contributed by atoms with Crippen molar-refractivity contribution in [2.24, 2.45) is 11.5 Å². The fraction of sp³-hybridized carbons (Fsp3) is 0.600. The van der Waals surface area contributed by atoms with E-state index >= 15 is 0 Å². The van der Waals surface area contributed by atoms with Crippen molar-refractivity contribution in [3.63, 3.8) is 0 Å². The number of hydrogen-bond donors (Lipinski definition) is 5. The molecule has 0 aromatic carbocycles. The third kappa shape index (κ3) is 9.30. The third-order valence-corrected chi connectivity index (χ3v) is 3.31. The Morgan fingerprint density at radius 3 is 2.44 bits per heavy atom. The topological polar surface area (TPSA) is 204 Å². The van der Waals surface area contributed by atoms with Crippen LogP contribution in [0.4, 0.5) is 4.79 Å². The Bertz CT molecular complexity index is 661. The molecule has 1 aromatic rings. The Kier molecular flexibility index (Phi) is 10.3. The molecule has 0 fully saturated rings. The van der Waals surface area contributed by atoms with E-state index in [-0.39, 0.29) is 57.2 Å². The summed E-state index contributed by atoms with van der Waals surface area (Å²) in [5, 5.41) is 17.3. The van der Waals surface area contributed by atoms with Crippen LogP contribution in [0.2, 0.25) is 0 Å². The van der Waals surface area contributed by atoms with Crippen LogP contribution in [0.5, 0.6) is 0 Å². The minimum absolute atomic E-state index is 0. The van der Waals surface area contributed by atoms with Crippen molar-refractivity contribution >= 4 is 23.7 Å². The molecule has 0 unspecified atom stereocenters. The molecule has 0 radical (unpaired) electrons. The van der Waals surface area contributed by atoms with E-state index in [4.69, 9.17) is 21.1 Å². The summed E-state index contributed by atoms with van der Waals surface area (Å²) in [6.45, 7) is 1.18. The number of amides is 3. The SMILES string of the molecule is C.CC(=O)CC[C@H](NC(=O)NCc1nc([C@@H](N)CCC(N)=O)no1)C(=O)O. The monoisotopic (exact) mass is 386 g/mol. The van der Waals surface area contributed by atoms with Crippen LogP contribution < -0.4 is 22.1 Å². The fourth-order valence-corrected chi connectivity index (χ4v) is 1.89. The number of carboxylic acid groups (broad SMARTS) is 1. The molecular formula is C15H26N6O6. The van der Waals surface area contributed by atoms with Crippen LogP contribution in [0.1, 0.15) is 57.8 Å². The molecule has 0 aliphatic heterocycles. The molecule has 0 spiro atoms. The summed E-state index contributed by atoms with van der Waals surface area (Å²) in [5.41, 5.74) is 10.8. The molecule has 152 valence electrons. The van der Waals surface area contributed by atoms with Gasteiger partial charge in [0.15, 0.2) is 5.82 Å². The lowest BCUT2D eigenvalue weighted by atomic mass is 10.1. The minimum Gasteiger partial charge on any atom is -0.480 e. The molecule has 0 saturated heterocycles. The zero-order chi connectivity index (χ0) is 19.7. The van der Waals surface area contributed by atoms with E-state index in [1.165, 1.54) is 6.92 Å². The predicted molar refractivity (Wildman–Crippen MR) is 93.1 cm³/mol. The molecule has 12 nitrogen and oxygen atoms in total. The molecule has 1 aromatic heterocycles. The van der Waals surface area contributed by atoms with E-state index in [1.54, 1.807) is 0 Å². The van der Waals surface area contributed by atoms with Gasteiger partial charge in [-0.3, -0.25) is 4.79 Å². The molecule has 27 heavy (non-hydrogen) atoms. The van der Waals surface area contributed by atoms with E-state index in [0.29, 0.717) is 0 Å². The Balaban J connectivity index is 0.00000676. The lowest BCUT2D eigenvalue weighted by molar-refractivity contribution is -0.139. The average Bonchev–Trinajstić information content (AvgIpc) is 3.03. The van der Waals surface area contributed by atoms with Crippen molar-refractivity contribution in [1.82, 2.24) is 20.8 Å². The summed E-state index contributed by atoms with van der Waals surface area (Å²) >= 11 is 0. The highest BCUT2D eigenvalue weighted by Gasteiger charge is 2.21. The summed E-state index contributed by atoms with van der Waals surface area (Å²) in [6.07, 6.45) is 0.339. The largest absolute Gasteiger partial charge is 0.480 e. The van der Waals surface area contributed by atoms with E-state index in [0.717, 1.165) is 0 Å². The molecule has 7 N–H and O–H groups in total. The van der Waals surface area contributed by atoms with Gasteiger partial charge in [0.1, 0.15) is 11.8 Å². The van der Waals surface area contributed by atoms with Crippen LogP contribution in [0.15, 0.2) is 4.52 Å². The summed E-state index contributed by atoms with van der Waals surface area (Å²) in [6, 6.07) is -2.60. The molecule has 1 rings (SSSR count). The number of Topliss-reactive ketones (excluding diaryl/α,β-unsaturated/α-hetero) is 1.